The van der Waals surface area contributed by atoms with E-state index in [-0.39, 0.29) is 27.6 Å². The molecule has 0 fully saturated rings. The number of carbonyl (C=O) groups excluding carboxylic acids is 1. The van der Waals surface area contributed by atoms with Crippen molar-refractivity contribution < 1.29 is 22.4 Å². The van der Waals surface area contributed by atoms with E-state index in [0.29, 0.717) is 0 Å². The number of nitrogens with one attached hydrogen (secondary N) is 1. The summed E-state index contributed by atoms with van der Waals surface area (Å²) in [6.45, 7) is 0. The molecule has 27 heavy (non-hydrogen) atoms. The molecule has 0 bridgehead atoms. The first-order valence-electron chi connectivity index (χ1n) is 7.51. The van der Waals surface area contributed by atoms with Crippen LogP contribution < -0.4 is 5.32 Å². The monoisotopic (exact) mass is 413 g/mol. The maximum atomic E-state index is 13.0. The van der Waals surface area contributed by atoms with E-state index in [1.165, 1.54) is 6.07 Å². The van der Waals surface area contributed by atoms with Crippen molar-refractivity contribution in [2.75, 3.05) is 11.1 Å². The molecule has 10 heteroatoms. The number of amides is 1. The molecule has 0 unspecified atom stereocenters. The summed E-state index contributed by atoms with van der Waals surface area (Å²) in [5.74, 6) is -0.557. The number of benzene rings is 2. The van der Waals surface area contributed by atoms with Gasteiger partial charge in [0.15, 0.2) is 0 Å². The molecule has 140 valence electrons. The molecule has 1 N–H and O–H groups in total. The third-order valence-corrected chi connectivity index (χ3v) is 4.37. The maximum absolute atomic E-state index is 13.0. The largest absolute Gasteiger partial charge is 0.418 e. The Labute approximate surface area is 160 Å². The first-order chi connectivity index (χ1) is 12.8. The quantitative estimate of drug-likeness (QED) is 0.586. The number of rotatable bonds is 5. The van der Waals surface area contributed by atoms with Gasteiger partial charge in [0.05, 0.1) is 17.0 Å². The second-order valence-electron chi connectivity index (χ2n) is 5.26. The van der Waals surface area contributed by atoms with Crippen LogP contribution in [0.1, 0.15) is 5.56 Å². The molecule has 0 aliphatic heterocycles. The van der Waals surface area contributed by atoms with E-state index >= 15 is 0 Å². The fourth-order valence-electron chi connectivity index (χ4n) is 2.14. The lowest BCUT2D eigenvalue weighted by atomic mass is 10.1. The highest BCUT2D eigenvalue weighted by atomic mass is 35.5. The van der Waals surface area contributed by atoms with Crippen molar-refractivity contribution in [1.82, 2.24) is 10.2 Å². The average Bonchev–Trinajstić information content (AvgIpc) is 3.10. The molecular formula is C17H11ClF3N3O2S. The van der Waals surface area contributed by atoms with Crippen LogP contribution in [0.5, 0.6) is 0 Å². The van der Waals surface area contributed by atoms with Gasteiger partial charge in [0.25, 0.3) is 5.22 Å². The third kappa shape index (κ3) is 5.01. The molecule has 0 atom stereocenters. The molecule has 0 radical (unpaired) electrons. The van der Waals surface area contributed by atoms with Crippen LogP contribution in [0.25, 0.3) is 11.5 Å². The highest BCUT2D eigenvalue weighted by molar-refractivity contribution is 7.99. The number of anilines is 1. The van der Waals surface area contributed by atoms with E-state index in [4.69, 9.17) is 16.0 Å². The molecule has 3 rings (SSSR count). The van der Waals surface area contributed by atoms with E-state index in [0.717, 1.165) is 29.5 Å². The molecule has 1 heterocycles. The fraction of sp³-hybridized carbons (Fsp3) is 0.118. The summed E-state index contributed by atoms with van der Waals surface area (Å²) >= 11 is 6.53. The summed E-state index contributed by atoms with van der Waals surface area (Å²) in [6.07, 6.45) is -4.64. The fourth-order valence-corrected chi connectivity index (χ4v) is 2.87. The normalized spacial score (nSPS) is 11.4. The molecule has 0 spiro atoms. The Morgan fingerprint density at radius 1 is 1.15 bits per heavy atom. The standard InChI is InChI=1S/C17H11ClF3N3O2S/c18-11-6-7-13(12(8-11)17(19,20)21)22-14(25)9-27-16-24-23-15(26-16)10-4-2-1-3-5-10/h1-8H,9H2,(H,22,25). The Morgan fingerprint density at radius 2 is 1.89 bits per heavy atom. The molecule has 1 aromatic heterocycles. The molecule has 0 aliphatic carbocycles. The smallest absolute Gasteiger partial charge is 0.411 e. The van der Waals surface area contributed by atoms with E-state index in [9.17, 15) is 18.0 Å². The lowest BCUT2D eigenvalue weighted by molar-refractivity contribution is -0.137. The zero-order valence-electron chi connectivity index (χ0n) is 13.5. The third-order valence-electron chi connectivity index (χ3n) is 3.32. The number of hydrogen-bond donors (Lipinski definition) is 1. The Bertz CT molecular complexity index is 948. The van der Waals surface area contributed by atoms with Crippen molar-refractivity contribution in [3.63, 3.8) is 0 Å². The molecular weight excluding hydrogens is 403 g/mol. The average molecular weight is 414 g/mol. The first kappa shape index (κ1) is 19.2. The van der Waals surface area contributed by atoms with Crippen LogP contribution >= 0.6 is 23.4 Å². The summed E-state index contributed by atoms with van der Waals surface area (Å²) in [5, 5.41) is 9.97. The number of nitrogens with zero attached hydrogens (tertiary/aromatic N) is 2. The van der Waals surface area contributed by atoms with Crippen LogP contribution in [0, 0.1) is 0 Å². The number of aromatic nitrogens is 2. The van der Waals surface area contributed by atoms with E-state index in [1.54, 1.807) is 12.1 Å². The molecule has 0 aliphatic rings. The van der Waals surface area contributed by atoms with Gasteiger partial charge in [-0.1, -0.05) is 41.6 Å². The lowest BCUT2D eigenvalue weighted by Gasteiger charge is -2.13. The van der Waals surface area contributed by atoms with E-state index < -0.39 is 17.6 Å². The highest BCUT2D eigenvalue weighted by Gasteiger charge is 2.34. The Balaban J connectivity index is 1.64. The summed E-state index contributed by atoms with van der Waals surface area (Å²) in [6, 6.07) is 12.2. The predicted molar refractivity (Wildman–Crippen MR) is 95.5 cm³/mol. The molecule has 0 saturated heterocycles. The summed E-state index contributed by atoms with van der Waals surface area (Å²) in [5.41, 5.74) is -0.664. The van der Waals surface area contributed by atoms with Gasteiger partial charge in [-0.05, 0) is 30.3 Å². The van der Waals surface area contributed by atoms with Crippen molar-refractivity contribution in [2.45, 2.75) is 11.4 Å². The van der Waals surface area contributed by atoms with E-state index in [2.05, 4.69) is 15.5 Å². The number of carbonyl (C=O) groups is 1. The molecule has 1 amide bonds. The topological polar surface area (TPSA) is 68.0 Å². The summed E-state index contributed by atoms with van der Waals surface area (Å²) in [7, 11) is 0. The van der Waals surface area contributed by atoms with Crippen molar-refractivity contribution in [3.05, 3.63) is 59.1 Å². The number of hydrogen-bond acceptors (Lipinski definition) is 5. The minimum absolute atomic E-state index is 0.0750. The SMILES string of the molecule is O=C(CSc1nnc(-c2ccccc2)o1)Nc1ccc(Cl)cc1C(F)(F)F. The van der Waals surface area contributed by atoms with Gasteiger partial charge in [0.2, 0.25) is 11.8 Å². The van der Waals surface area contributed by atoms with Crippen molar-refractivity contribution >= 4 is 35.0 Å². The second-order valence-corrected chi connectivity index (χ2v) is 6.63. The minimum atomic E-state index is -4.64. The van der Waals surface area contributed by atoms with Gasteiger partial charge < -0.3 is 9.73 Å². The van der Waals surface area contributed by atoms with Crippen LogP contribution in [0.3, 0.4) is 0 Å². The summed E-state index contributed by atoms with van der Waals surface area (Å²) < 4.78 is 44.6. The van der Waals surface area contributed by atoms with Crippen molar-refractivity contribution in [1.29, 1.82) is 0 Å². The van der Waals surface area contributed by atoms with Crippen LogP contribution in [0.2, 0.25) is 5.02 Å². The van der Waals surface area contributed by atoms with Gasteiger partial charge in [-0.25, -0.2) is 0 Å². The molecule has 5 nitrogen and oxygen atoms in total. The number of thioether (sulfide) groups is 1. The van der Waals surface area contributed by atoms with Crippen LogP contribution in [0.4, 0.5) is 18.9 Å². The highest BCUT2D eigenvalue weighted by Crippen LogP contribution is 2.36. The Hall–Kier alpha value is -2.52. The molecule has 0 saturated carbocycles. The van der Waals surface area contributed by atoms with Crippen LogP contribution in [0.15, 0.2) is 58.2 Å². The predicted octanol–water partition coefficient (Wildman–Crippen LogP) is 5.14. The van der Waals surface area contributed by atoms with Gasteiger partial charge in [-0.3, -0.25) is 4.79 Å². The summed E-state index contributed by atoms with van der Waals surface area (Å²) in [4.78, 5) is 12.0. The van der Waals surface area contributed by atoms with Crippen LogP contribution in [-0.4, -0.2) is 21.9 Å². The van der Waals surface area contributed by atoms with E-state index in [1.807, 2.05) is 18.2 Å². The zero-order valence-corrected chi connectivity index (χ0v) is 15.0. The number of alkyl halides is 3. The van der Waals surface area contributed by atoms with Gasteiger partial charge in [0.1, 0.15) is 0 Å². The number of halogens is 4. The van der Waals surface area contributed by atoms with Gasteiger partial charge >= 0.3 is 6.18 Å². The Kier molecular flexibility index (Phi) is 5.71. The second kappa shape index (κ2) is 8.01. The lowest BCUT2D eigenvalue weighted by Crippen LogP contribution is -2.18. The first-order valence-corrected chi connectivity index (χ1v) is 8.87. The molecule has 3 aromatic rings. The van der Waals surface area contributed by atoms with Gasteiger partial charge in [0, 0.05) is 10.6 Å². The van der Waals surface area contributed by atoms with Crippen molar-refractivity contribution in [2.24, 2.45) is 0 Å². The minimum Gasteiger partial charge on any atom is -0.411 e. The zero-order chi connectivity index (χ0) is 19.4. The maximum Gasteiger partial charge on any atom is 0.418 e. The van der Waals surface area contributed by atoms with Crippen LogP contribution in [-0.2, 0) is 11.0 Å². The van der Waals surface area contributed by atoms with Gasteiger partial charge in [-0.2, -0.15) is 13.2 Å². The van der Waals surface area contributed by atoms with Crippen molar-refractivity contribution in [3.8, 4) is 11.5 Å². The molecule has 2 aromatic carbocycles. The Morgan fingerprint density at radius 3 is 2.59 bits per heavy atom. The van der Waals surface area contributed by atoms with Gasteiger partial charge in [-0.15, -0.1) is 10.2 Å².